The van der Waals surface area contributed by atoms with Crippen molar-refractivity contribution in [1.82, 2.24) is 5.32 Å². The van der Waals surface area contributed by atoms with Gasteiger partial charge >= 0.3 is 0 Å². The van der Waals surface area contributed by atoms with E-state index in [1.54, 1.807) is 0 Å². The maximum atomic E-state index is 3.69. The van der Waals surface area contributed by atoms with Gasteiger partial charge in [-0.05, 0) is 38.1 Å². The van der Waals surface area contributed by atoms with Crippen molar-refractivity contribution < 1.29 is 0 Å². The highest BCUT2D eigenvalue weighted by Crippen LogP contribution is 2.27. The van der Waals surface area contributed by atoms with Crippen LogP contribution in [-0.4, -0.2) is 12.6 Å². The second-order valence-corrected chi connectivity index (χ2v) is 4.37. The van der Waals surface area contributed by atoms with E-state index in [2.05, 4.69) is 19.2 Å². The van der Waals surface area contributed by atoms with Crippen LogP contribution >= 0.6 is 0 Å². The average molecular weight is 183 g/mol. The largest absolute Gasteiger partial charge is 0.314 e. The van der Waals surface area contributed by atoms with Crippen LogP contribution in [0.15, 0.2) is 0 Å². The minimum absolute atomic E-state index is 0.806. The molecule has 1 heteroatoms. The van der Waals surface area contributed by atoms with Gasteiger partial charge in [0.2, 0.25) is 0 Å². The summed E-state index contributed by atoms with van der Waals surface area (Å²) in [5.74, 6) is 0.977. The average Bonchev–Trinajstić information content (AvgIpc) is 2.21. The van der Waals surface area contributed by atoms with Crippen molar-refractivity contribution >= 4 is 0 Å². The van der Waals surface area contributed by atoms with Gasteiger partial charge in [0.05, 0.1) is 0 Å². The summed E-state index contributed by atoms with van der Waals surface area (Å²) in [4.78, 5) is 0. The molecule has 1 rings (SSSR count). The Bertz CT molecular complexity index is 116. The van der Waals surface area contributed by atoms with Gasteiger partial charge in [-0.3, -0.25) is 0 Å². The fourth-order valence-electron chi connectivity index (χ4n) is 2.51. The highest BCUT2D eigenvalue weighted by Gasteiger charge is 2.21. The molecule has 0 aliphatic heterocycles. The fraction of sp³-hybridized carbons (Fsp3) is 1.00. The van der Waals surface area contributed by atoms with Crippen LogP contribution in [0.2, 0.25) is 0 Å². The molecule has 0 aromatic rings. The van der Waals surface area contributed by atoms with Gasteiger partial charge in [0.15, 0.2) is 0 Å². The fourth-order valence-corrected chi connectivity index (χ4v) is 2.51. The Labute approximate surface area is 83.3 Å². The summed E-state index contributed by atoms with van der Waals surface area (Å²) < 4.78 is 0. The Hall–Kier alpha value is -0.0400. The van der Waals surface area contributed by atoms with Gasteiger partial charge < -0.3 is 5.32 Å². The highest BCUT2D eigenvalue weighted by atomic mass is 14.9. The minimum atomic E-state index is 0.806. The number of hydrogen-bond acceptors (Lipinski definition) is 1. The van der Waals surface area contributed by atoms with Gasteiger partial charge in [0.25, 0.3) is 0 Å². The smallest absolute Gasteiger partial charge is 0.00926 e. The Morgan fingerprint density at radius 2 is 1.85 bits per heavy atom. The molecular weight excluding hydrogens is 158 g/mol. The molecule has 1 unspecified atom stereocenters. The van der Waals surface area contributed by atoms with E-state index in [4.69, 9.17) is 0 Å². The van der Waals surface area contributed by atoms with Crippen LogP contribution in [0.3, 0.4) is 0 Å². The van der Waals surface area contributed by atoms with Gasteiger partial charge in [-0.15, -0.1) is 0 Å². The Kier molecular flexibility index (Phi) is 5.45. The summed E-state index contributed by atoms with van der Waals surface area (Å²) in [6, 6.07) is 0.806. The second-order valence-electron chi connectivity index (χ2n) is 4.37. The molecule has 78 valence electrons. The van der Waals surface area contributed by atoms with Crippen molar-refractivity contribution in [2.75, 3.05) is 6.54 Å². The van der Waals surface area contributed by atoms with Crippen LogP contribution in [0.25, 0.3) is 0 Å². The molecule has 1 nitrogen and oxygen atoms in total. The summed E-state index contributed by atoms with van der Waals surface area (Å²) in [6.45, 7) is 5.78. The first kappa shape index (κ1) is 11.0. The molecule has 1 fully saturated rings. The van der Waals surface area contributed by atoms with Crippen LogP contribution in [0, 0.1) is 5.92 Å². The first-order valence-corrected chi connectivity index (χ1v) is 6.11. The first-order chi connectivity index (χ1) is 6.38. The van der Waals surface area contributed by atoms with Crippen LogP contribution in [0.4, 0.5) is 0 Å². The van der Waals surface area contributed by atoms with Gasteiger partial charge in [0.1, 0.15) is 0 Å². The lowest BCUT2D eigenvalue weighted by Gasteiger charge is -2.30. The molecule has 0 amide bonds. The molecular formula is C12H25N. The molecule has 0 heterocycles. The maximum absolute atomic E-state index is 3.69. The van der Waals surface area contributed by atoms with Crippen molar-refractivity contribution in [2.45, 2.75) is 64.8 Å². The first-order valence-electron chi connectivity index (χ1n) is 6.11. The van der Waals surface area contributed by atoms with Crippen LogP contribution < -0.4 is 5.32 Å². The molecule has 0 saturated heterocycles. The van der Waals surface area contributed by atoms with E-state index in [-0.39, 0.29) is 0 Å². The number of nitrogens with one attached hydrogen (secondary N) is 1. The van der Waals surface area contributed by atoms with Crippen molar-refractivity contribution in [2.24, 2.45) is 5.92 Å². The van der Waals surface area contributed by atoms with E-state index in [1.165, 1.54) is 51.5 Å². The van der Waals surface area contributed by atoms with E-state index in [1.807, 2.05) is 0 Å². The predicted molar refractivity (Wildman–Crippen MR) is 58.9 cm³/mol. The van der Waals surface area contributed by atoms with Crippen molar-refractivity contribution in [3.8, 4) is 0 Å². The summed E-state index contributed by atoms with van der Waals surface area (Å²) >= 11 is 0. The minimum Gasteiger partial charge on any atom is -0.314 e. The summed E-state index contributed by atoms with van der Waals surface area (Å²) in [5, 5.41) is 3.69. The van der Waals surface area contributed by atoms with Crippen molar-refractivity contribution in [3.63, 3.8) is 0 Å². The molecule has 1 aliphatic rings. The monoisotopic (exact) mass is 183 g/mol. The topological polar surface area (TPSA) is 12.0 Å². The Morgan fingerprint density at radius 1 is 1.15 bits per heavy atom. The quantitative estimate of drug-likeness (QED) is 0.689. The molecule has 1 aliphatic carbocycles. The lowest BCUT2D eigenvalue weighted by molar-refractivity contribution is 0.263. The zero-order valence-electron chi connectivity index (χ0n) is 9.31. The molecule has 0 radical (unpaired) electrons. The number of rotatable bonds is 5. The standard InChI is InChI=1S/C12H25N/c1-3-10-13-12(4-2)11-8-6-5-7-9-11/h11-13H,3-10H2,1-2H3. The van der Waals surface area contributed by atoms with E-state index in [0.717, 1.165) is 12.0 Å². The molecule has 0 spiro atoms. The third-order valence-corrected chi connectivity index (χ3v) is 3.32. The molecule has 13 heavy (non-hydrogen) atoms. The number of hydrogen-bond donors (Lipinski definition) is 1. The summed E-state index contributed by atoms with van der Waals surface area (Å²) in [7, 11) is 0. The van der Waals surface area contributed by atoms with E-state index >= 15 is 0 Å². The van der Waals surface area contributed by atoms with Crippen molar-refractivity contribution in [3.05, 3.63) is 0 Å². The van der Waals surface area contributed by atoms with E-state index in [0.29, 0.717) is 0 Å². The summed E-state index contributed by atoms with van der Waals surface area (Å²) in [5.41, 5.74) is 0. The predicted octanol–water partition coefficient (Wildman–Crippen LogP) is 3.34. The molecule has 1 saturated carbocycles. The molecule has 0 bridgehead atoms. The lowest BCUT2D eigenvalue weighted by atomic mass is 9.83. The Morgan fingerprint density at radius 3 is 2.38 bits per heavy atom. The van der Waals surface area contributed by atoms with Gasteiger partial charge in [-0.2, -0.15) is 0 Å². The van der Waals surface area contributed by atoms with E-state index in [9.17, 15) is 0 Å². The Balaban J connectivity index is 2.26. The SMILES string of the molecule is CCCNC(CC)C1CCCCC1. The molecule has 0 aromatic carbocycles. The summed E-state index contributed by atoms with van der Waals surface area (Å²) in [6.07, 6.45) is 9.92. The van der Waals surface area contributed by atoms with Gasteiger partial charge in [0, 0.05) is 6.04 Å². The van der Waals surface area contributed by atoms with E-state index < -0.39 is 0 Å². The van der Waals surface area contributed by atoms with Crippen LogP contribution in [-0.2, 0) is 0 Å². The molecule has 0 aromatic heterocycles. The van der Waals surface area contributed by atoms with Crippen LogP contribution in [0.1, 0.15) is 58.8 Å². The molecule has 1 atom stereocenters. The molecule has 1 N–H and O–H groups in total. The van der Waals surface area contributed by atoms with Crippen LogP contribution in [0.5, 0.6) is 0 Å². The zero-order valence-corrected chi connectivity index (χ0v) is 9.31. The third-order valence-electron chi connectivity index (χ3n) is 3.32. The van der Waals surface area contributed by atoms with Crippen molar-refractivity contribution in [1.29, 1.82) is 0 Å². The third kappa shape index (κ3) is 3.68. The second kappa shape index (κ2) is 6.42. The van der Waals surface area contributed by atoms with Gasteiger partial charge in [-0.1, -0.05) is 33.1 Å². The normalized spacial score (nSPS) is 21.7. The lowest BCUT2D eigenvalue weighted by Crippen LogP contribution is -2.37. The zero-order chi connectivity index (χ0) is 9.52. The maximum Gasteiger partial charge on any atom is 0.00926 e. The highest BCUT2D eigenvalue weighted by molar-refractivity contribution is 4.77. The van der Waals surface area contributed by atoms with Gasteiger partial charge in [-0.25, -0.2) is 0 Å².